The van der Waals surface area contributed by atoms with Crippen LogP contribution < -0.4 is 9.47 Å². The van der Waals surface area contributed by atoms with Crippen molar-refractivity contribution in [2.75, 3.05) is 0 Å². The highest BCUT2D eigenvalue weighted by molar-refractivity contribution is 6.31. The van der Waals surface area contributed by atoms with E-state index in [4.69, 9.17) is 32.7 Å². The fourth-order valence-electron chi connectivity index (χ4n) is 2.20. The Balaban J connectivity index is 1.78. The molecule has 3 aromatic carbocycles. The predicted octanol–water partition coefficient (Wildman–Crippen LogP) is 5.14. The summed E-state index contributed by atoms with van der Waals surface area (Å²) in [6.07, 6.45) is 0. The normalized spacial score (nSPS) is 10.3. The summed E-state index contributed by atoms with van der Waals surface area (Å²) in [6, 6.07) is 16.3. The maximum Gasteiger partial charge on any atom is 0.343 e. The van der Waals surface area contributed by atoms with Crippen LogP contribution in [0.3, 0.4) is 0 Å². The lowest BCUT2D eigenvalue weighted by Gasteiger charge is -2.09. The van der Waals surface area contributed by atoms with Crippen LogP contribution in [0.2, 0.25) is 10.0 Å². The molecule has 0 unspecified atom stereocenters. The van der Waals surface area contributed by atoms with Gasteiger partial charge in [-0.2, -0.15) is 0 Å². The summed E-state index contributed by atoms with van der Waals surface area (Å²) in [7, 11) is 0. The number of halogens is 2. The summed E-state index contributed by atoms with van der Waals surface area (Å²) >= 11 is 11.7. The van der Waals surface area contributed by atoms with Gasteiger partial charge in [-0.3, -0.25) is 0 Å². The maximum absolute atomic E-state index is 12.2. The number of phenolic OH excluding ortho intramolecular Hbond substituents is 1. The topological polar surface area (TPSA) is 72.8 Å². The van der Waals surface area contributed by atoms with Crippen LogP contribution in [0, 0.1) is 0 Å². The minimum atomic E-state index is -0.717. The molecule has 0 fully saturated rings. The standard InChI is InChI=1S/C20H12Cl2O5/c21-14-5-1-3-12(9-14)19(24)26-16-7-8-17(23)18(11-16)27-20(25)13-4-2-6-15(22)10-13/h1-11,23H. The quantitative estimate of drug-likeness (QED) is 0.483. The summed E-state index contributed by atoms with van der Waals surface area (Å²) in [5.74, 6) is -1.71. The van der Waals surface area contributed by atoms with E-state index in [1.165, 1.54) is 36.4 Å². The SMILES string of the molecule is O=C(Oc1ccc(O)c(OC(=O)c2cccc(Cl)c2)c1)c1cccc(Cl)c1. The molecule has 0 heterocycles. The molecule has 0 saturated carbocycles. The predicted molar refractivity (Wildman–Crippen MR) is 101 cm³/mol. The van der Waals surface area contributed by atoms with Gasteiger partial charge < -0.3 is 14.6 Å². The Kier molecular flexibility index (Phi) is 5.64. The van der Waals surface area contributed by atoms with Gasteiger partial charge >= 0.3 is 11.9 Å². The molecule has 0 radical (unpaired) electrons. The third-order valence-corrected chi connectivity index (χ3v) is 3.94. The van der Waals surface area contributed by atoms with Gasteiger partial charge in [0.15, 0.2) is 11.5 Å². The van der Waals surface area contributed by atoms with Gasteiger partial charge in [-0.1, -0.05) is 35.3 Å². The molecule has 0 aliphatic heterocycles. The number of rotatable bonds is 4. The summed E-state index contributed by atoms with van der Waals surface area (Å²) in [5, 5.41) is 10.7. The Morgan fingerprint density at radius 2 is 1.30 bits per heavy atom. The number of carbonyl (C=O) groups excluding carboxylic acids is 2. The molecule has 3 rings (SSSR count). The molecule has 0 aliphatic carbocycles. The zero-order valence-electron chi connectivity index (χ0n) is 13.7. The lowest BCUT2D eigenvalue weighted by Crippen LogP contribution is -2.10. The second-order valence-corrected chi connectivity index (χ2v) is 6.30. The maximum atomic E-state index is 12.2. The highest BCUT2D eigenvalue weighted by Crippen LogP contribution is 2.31. The minimum absolute atomic E-state index is 0.0895. The second-order valence-electron chi connectivity index (χ2n) is 5.43. The molecule has 0 aromatic heterocycles. The first kappa shape index (κ1) is 18.8. The number of phenols is 1. The molecule has 0 amide bonds. The van der Waals surface area contributed by atoms with E-state index in [2.05, 4.69) is 0 Å². The molecular weight excluding hydrogens is 391 g/mol. The van der Waals surface area contributed by atoms with E-state index < -0.39 is 11.9 Å². The average molecular weight is 403 g/mol. The first-order valence-corrected chi connectivity index (χ1v) is 8.46. The van der Waals surface area contributed by atoms with Crippen molar-refractivity contribution < 1.29 is 24.2 Å². The first-order valence-electron chi connectivity index (χ1n) is 7.71. The highest BCUT2D eigenvalue weighted by Gasteiger charge is 2.15. The number of esters is 2. The van der Waals surface area contributed by atoms with Crippen LogP contribution in [0.15, 0.2) is 66.7 Å². The van der Waals surface area contributed by atoms with Gasteiger partial charge in [-0.25, -0.2) is 9.59 Å². The molecule has 0 saturated heterocycles. The van der Waals surface area contributed by atoms with Crippen LogP contribution in [0.25, 0.3) is 0 Å². The first-order chi connectivity index (χ1) is 12.9. The minimum Gasteiger partial charge on any atom is -0.504 e. The van der Waals surface area contributed by atoms with E-state index in [-0.39, 0.29) is 28.4 Å². The number of hydrogen-bond donors (Lipinski definition) is 1. The largest absolute Gasteiger partial charge is 0.504 e. The van der Waals surface area contributed by atoms with Gasteiger partial charge in [0, 0.05) is 16.1 Å². The van der Waals surface area contributed by atoms with E-state index in [0.717, 1.165) is 0 Å². The van der Waals surface area contributed by atoms with Crippen molar-refractivity contribution >= 4 is 35.1 Å². The van der Waals surface area contributed by atoms with Gasteiger partial charge in [0.1, 0.15) is 5.75 Å². The fraction of sp³-hybridized carbons (Fsp3) is 0. The molecule has 136 valence electrons. The monoisotopic (exact) mass is 402 g/mol. The third-order valence-electron chi connectivity index (χ3n) is 3.47. The molecular formula is C20H12Cl2O5. The molecule has 5 nitrogen and oxygen atoms in total. The Labute approximate surface area is 164 Å². The van der Waals surface area contributed by atoms with Gasteiger partial charge in [0.25, 0.3) is 0 Å². The second kappa shape index (κ2) is 8.12. The molecule has 0 atom stereocenters. The fourth-order valence-corrected chi connectivity index (χ4v) is 2.58. The van der Waals surface area contributed by atoms with Crippen molar-refractivity contribution in [1.82, 2.24) is 0 Å². The highest BCUT2D eigenvalue weighted by atomic mass is 35.5. The van der Waals surface area contributed by atoms with E-state index in [9.17, 15) is 14.7 Å². The lowest BCUT2D eigenvalue weighted by molar-refractivity contribution is 0.0728. The number of carbonyl (C=O) groups is 2. The molecule has 7 heteroatoms. The molecule has 27 heavy (non-hydrogen) atoms. The van der Waals surface area contributed by atoms with Gasteiger partial charge in [0.05, 0.1) is 11.1 Å². The van der Waals surface area contributed by atoms with Crippen LogP contribution in [0.1, 0.15) is 20.7 Å². The zero-order chi connectivity index (χ0) is 19.4. The van der Waals surface area contributed by atoms with Crippen LogP contribution in [-0.4, -0.2) is 17.0 Å². The Hall–Kier alpha value is -3.02. The Morgan fingerprint density at radius 1 is 0.741 bits per heavy atom. The molecule has 1 N–H and O–H groups in total. The van der Waals surface area contributed by atoms with Gasteiger partial charge in [-0.15, -0.1) is 0 Å². The van der Waals surface area contributed by atoms with E-state index in [1.807, 2.05) is 0 Å². The Morgan fingerprint density at radius 3 is 1.85 bits per heavy atom. The Bertz CT molecular complexity index is 1020. The summed E-state index contributed by atoms with van der Waals surface area (Å²) in [6.45, 7) is 0. The molecule has 0 aliphatic rings. The van der Waals surface area contributed by atoms with Crippen molar-refractivity contribution in [2.45, 2.75) is 0 Å². The average Bonchev–Trinajstić information content (AvgIpc) is 2.64. The summed E-state index contributed by atoms with van der Waals surface area (Å²) in [4.78, 5) is 24.4. The smallest absolute Gasteiger partial charge is 0.343 e. The van der Waals surface area contributed by atoms with Gasteiger partial charge in [-0.05, 0) is 48.5 Å². The lowest BCUT2D eigenvalue weighted by atomic mass is 10.2. The van der Waals surface area contributed by atoms with E-state index in [1.54, 1.807) is 30.3 Å². The molecule has 0 spiro atoms. The van der Waals surface area contributed by atoms with Gasteiger partial charge in [0.2, 0.25) is 0 Å². The van der Waals surface area contributed by atoms with Crippen molar-refractivity contribution in [2.24, 2.45) is 0 Å². The van der Waals surface area contributed by atoms with Crippen molar-refractivity contribution in [3.63, 3.8) is 0 Å². The molecule has 3 aromatic rings. The van der Waals surface area contributed by atoms with Crippen LogP contribution in [-0.2, 0) is 0 Å². The van der Waals surface area contributed by atoms with Crippen molar-refractivity contribution in [3.8, 4) is 17.2 Å². The van der Waals surface area contributed by atoms with E-state index in [0.29, 0.717) is 10.0 Å². The van der Waals surface area contributed by atoms with Crippen LogP contribution in [0.5, 0.6) is 17.2 Å². The van der Waals surface area contributed by atoms with Crippen molar-refractivity contribution in [3.05, 3.63) is 87.9 Å². The number of aromatic hydroxyl groups is 1. The number of benzene rings is 3. The number of hydrogen-bond acceptors (Lipinski definition) is 5. The van der Waals surface area contributed by atoms with Crippen molar-refractivity contribution in [1.29, 1.82) is 0 Å². The zero-order valence-corrected chi connectivity index (χ0v) is 15.2. The number of ether oxygens (including phenoxy) is 2. The summed E-state index contributed by atoms with van der Waals surface area (Å²) < 4.78 is 10.4. The third kappa shape index (κ3) is 4.78. The summed E-state index contributed by atoms with van der Waals surface area (Å²) in [5.41, 5.74) is 0.469. The van der Waals surface area contributed by atoms with E-state index >= 15 is 0 Å². The van der Waals surface area contributed by atoms with Crippen LogP contribution in [0.4, 0.5) is 0 Å². The van der Waals surface area contributed by atoms with Crippen LogP contribution >= 0.6 is 23.2 Å². The molecule has 0 bridgehead atoms.